The molecule has 7 N–H and O–H groups in total. The average Bonchev–Trinajstić information content (AvgIpc) is 2.95. The molecule has 1 aromatic heterocycles. The largest absolute Gasteiger partial charge is 0.507 e. The summed E-state index contributed by atoms with van der Waals surface area (Å²) in [4.78, 5) is 12.8. The Labute approximate surface area is 238 Å². The first kappa shape index (κ1) is 30.0. The number of hydrogen-bond donors (Lipinski definition) is 7. The Morgan fingerprint density at radius 3 is 2.36 bits per heavy atom. The van der Waals surface area contributed by atoms with Crippen molar-refractivity contribution in [2.24, 2.45) is 0 Å². The van der Waals surface area contributed by atoms with E-state index in [1.54, 1.807) is 13.0 Å². The third-order valence-corrected chi connectivity index (χ3v) is 7.29. The normalized spacial score (nSPS) is 31.6. The highest BCUT2D eigenvalue weighted by molar-refractivity contribution is 5.86. The Kier molecular flexibility index (Phi) is 8.59. The summed E-state index contributed by atoms with van der Waals surface area (Å²) in [6.07, 6.45) is -11.6. The lowest BCUT2D eigenvalue weighted by Gasteiger charge is -2.41. The fraction of sp³-hybridized carbons (Fsp3) is 0.464. The lowest BCUT2D eigenvalue weighted by Crippen LogP contribution is -2.60. The van der Waals surface area contributed by atoms with Gasteiger partial charge in [-0.05, 0) is 25.1 Å². The number of aromatic hydroxyl groups is 2. The highest BCUT2D eigenvalue weighted by atomic mass is 16.7. The molecule has 3 aromatic rings. The van der Waals surface area contributed by atoms with Gasteiger partial charge < -0.3 is 63.8 Å². The number of aliphatic hydroxyl groups excluding tert-OH is 5. The van der Waals surface area contributed by atoms with Crippen molar-refractivity contribution in [3.63, 3.8) is 0 Å². The van der Waals surface area contributed by atoms with E-state index in [9.17, 15) is 40.5 Å². The van der Waals surface area contributed by atoms with Crippen molar-refractivity contribution in [2.45, 2.75) is 68.7 Å². The summed E-state index contributed by atoms with van der Waals surface area (Å²) < 4.78 is 33.3. The molecule has 5 rings (SSSR count). The van der Waals surface area contributed by atoms with E-state index in [0.717, 1.165) is 12.1 Å². The minimum atomic E-state index is -1.72. The van der Waals surface area contributed by atoms with Gasteiger partial charge in [-0.3, -0.25) is 4.79 Å². The van der Waals surface area contributed by atoms with Crippen molar-refractivity contribution in [1.29, 1.82) is 0 Å². The molecule has 14 heteroatoms. The van der Waals surface area contributed by atoms with Crippen LogP contribution in [-0.4, -0.2) is 105 Å². The van der Waals surface area contributed by atoms with Crippen LogP contribution in [0.1, 0.15) is 13.3 Å². The molecule has 1 unspecified atom stereocenters. The molecule has 14 nitrogen and oxygen atoms in total. The minimum absolute atomic E-state index is 0.0425. The molecule has 0 amide bonds. The van der Waals surface area contributed by atoms with Crippen molar-refractivity contribution in [3.8, 4) is 34.3 Å². The second-order valence-electron chi connectivity index (χ2n) is 10.2. The van der Waals surface area contributed by atoms with E-state index in [4.69, 9.17) is 28.1 Å². The third kappa shape index (κ3) is 5.88. The standard InChI is InChI=1S/C28H32O14/c1-11-24(33)17(32)9-22(39-11)38-10-21-25(34)26(35)27(36)28(42-21)40-13-6-15(30)23-16(31)8-19(41-20(23)7-13)12-3-4-18(37-2)14(29)5-12/h3-8,11,17,21-22,24-30,32-36H,9-10H2,1-2H3/t11-,17?,21+,22+,24-,25-,26-,27+,28+/m0/s1. The van der Waals surface area contributed by atoms with Crippen LogP contribution in [0.3, 0.4) is 0 Å². The Balaban J connectivity index is 1.36. The van der Waals surface area contributed by atoms with Gasteiger partial charge >= 0.3 is 0 Å². The van der Waals surface area contributed by atoms with Crippen molar-refractivity contribution >= 4 is 11.0 Å². The van der Waals surface area contributed by atoms with E-state index < -0.39 is 66.5 Å². The quantitative estimate of drug-likeness (QED) is 0.191. The van der Waals surface area contributed by atoms with Gasteiger partial charge in [0, 0.05) is 30.2 Å². The second kappa shape index (κ2) is 12.0. The lowest BCUT2D eigenvalue weighted by atomic mass is 9.99. The van der Waals surface area contributed by atoms with Gasteiger partial charge in [0.25, 0.3) is 0 Å². The first-order valence-corrected chi connectivity index (χ1v) is 13.1. The van der Waals surface area contributed by atoms with Gasteiger partial charge in [-0.15, -0.1) is 0 Å². The number of ether oxygens (including phenoxy) is 5. The zero-order valence-corrected chi connectivity index (χ0v) is 22.6. The van der Waals surface area contributed by atoms with Crippen LogP contribution in [0.5, 0.6) is 23.0 Å². The predicted octanol–water partition coefficient (Wildman–Crippen LogP) is -0.0605. The molecule has 42 heavy (non-hydrogen) atoms. The van der Waals surface area contributed by atoms with E-state index in [2.05, 4.69) is 0 Å². The topological polar surface area (TPSA) is 218 Å². The van der Waals surface area contributed by atoms with Gasteiger partial charge in [-0.2, -0.15) is 0 Å². The molecule has 2 aliphatic rings. The summed E-state index contributed by atoms with van der Waals surface area (Å²) in [5.41, 5.74) is -0.312. The summed E-state index contributed by atoms with van der Waals surface area (Å²) in [5, 5.41) is 71.8. The van der Waals surface area contributed by atoms with E-state index in [1.165, 1.54) is 25.3 Å². The molecule has 0 aliphatic carbocycles. The van der Waals surface area contributed by atoms with Crippen LogP contribution in [0, 0.1) is 0 Å². The molecule has 0 saturated carbocycles. The van der Waals surface area contributed by atoms with E-state index in [-0.39, 0.29) is 47.0 Å². The Morgan fingerprint density at radius 1 is 0.905 bits per heavy atom. The number of hydrogen-bond acceptors (Lipinski definition) is 14. The Morgan fingerprint density at radius 2 is 1.67 bits per heavy atom. The molecule has 2 saturated heterocycles. The van der Waals surface area contributed by atoms with Crippen molar-refractivity contribution in [3.05, 3.63) is 46.6 Å². The van der Waals surface area contributed by atoms with Crippen LogP contribution in [0.4, 0.5) is 0 Å². The molecule has 2 aromatic carbocycles. The van der Waals surface area contributed by atoms with Crippen LogP contribution < -0.4 is 14.9 Å². The number of methoxy groups -OCH3 is 1. The molecule has 0 bridgehead atoms. The van der Waals surface area contributed by atoms with Crippen molar-refractivity contribution < 1.29 is 63.8 Å². The monoisotopic (exact) mass is 592 g/mol. The number of aliphatic hydroxyl groups is 5. The van der Waals surface area contributed by atoms with Gasteiger partial charge in [-0.1, -0.05) is 0 Å². The molecule has 0 radical (unpaired) electrons. The molecular weight excluding hydrogens is 560 g/mol. The third-order valence-electron chi connectivity index (χ3n) is 7.29. The second-order valence-corrected chi connectivity index (χ2v) is 10.2. The van der Waals surface area contributed by atoms with Gasteiger partial charge in [0.2, 0.25) is 6.29 Å². The highest BCUT2D eigenvalue weighted by Gasteiger charge is 2.46. The smallest absolute Gasteiger partial charge is 0.229 e. The lowest BCUT2D eigenvalue weighted by molar-refractivity contribution is -0.299. The summed E-state index contributed by atoms with van der Waals surface area (Å²) in [7, 11) is 1.39. The van der Waals surface area contributed by atoms with Crippen LogP contribution in [0.2, 0.25) is 0 Å². The summed E-state index contributed by atoms with van der Waals surface area (Å²) in [6.45, 7) is 1.23. The molecule has 9 atom stereocenters. The van der Waals surface area contributed by atoms with Crippen LogP contribution >= 0.6 is 0 Å². The Hall–Kier alpha value is -3.47. The number of rotatable bonds is 7. The summed E-state index contributed by atoms with van der Waals surface area (Å²) >= 11 is 0. The van der Waals surface area contributed by atoms with E-state index in [0.29, 0.717) is 5.56 Å². The van der Waals surface area contributed by atoms with E-state index >= 15 is 0 Å². The maximum absolute atomic E-state index is 12.8. The van der Waals surface area contributed by atoms with Gasteiger partial charge in [0.15, 0.2) is 23.2 Å². The maximum atomic E-state index is 12.8. The molecule has 3 heterocycles. The van der Waals surface area contributed by atoms with Gasteiger partial charge in [0.05, 0.1) is 25.9 Å². The van der Waals surface area contributed by atoms with Gasteiger partial charge in [0.1, 0.15) is 58.7 Å². The number of phenols is 2. The van der Waals surface area contributed by atoms with Crippen molar-refractivity contribution in [2.75, 3.05) is 13.7 Å². The summed E-state index contributed by atoms with van der Waals surface area (Å²) in [5.74, 6) is -0.487. The molecule has 2 aliphatic heterocycles. The summed E-state index contributed by atoms with van der Waals surface area (Å²) in [6, 6.07) is 7.90. The average molecular weight is 593 g/mol. The molecule has 2 fully saturated rings. The molecular formula is C28H32O14. The Bertz CT molecular complexity index is 1460. The molecule has 0 spiro atoms. The fourth-order valence-corrected chi connectivity index (χ4v) is 4.92. The fourth-order valence-electron chi connectivity index (χ4n) is 4.92. The predicted molar refractivity (Wildman–Crippen MR) is 142 cm³/mol. The number of phenolic OH excluding ortho intramolecular Hbond substituents is 2. The van der Waals surface area contributed by atoms with Gasteiger partial charge in [-0.25, -0.2) is 0 Å². The van der Waals surface area contributed by atoms with Crippen LogP contribution in [0.25, 0.3) is 22.3 Å². The zero-order chi connectivity index (χ0) is 30.3. The number of benzene rings is 2. The minimum Gasteiger partial charge on any atom is -0.507 e. The first-order chi connectivity index (χ1) is 20.0. The number of fused-ring (bicyclic) bond motifs is 1. The van der Waals surface area contributed by atoms with Crippen LogP contribution in [-0.2, 0) is 14.2 Å². The zero-order valence-electron chi connectivity index (χ0n) is 22.6. The first-order valence-electron chi connectivity index (χ1n) is 13.1. The SMILES string of the molecule is COc1ccc(-c2cc(=O)c3c(O)cc(O[C@@H]4O[C@H](CO[C@H]5CC(O)[C@@H](O)[C@H](C)O5)[C@H](O)[C@H](O)[C@H]4O)cc3o2)cc1O. The maximum Gasteiger partial charge on any atom is 0.229 e. The van der Waals surface area contributed by atoms with Crippen LogP contribution in [0.15, 0.2) is 45.6 Å². The molecule has 228 valence electrons. The van der Waals surface area contributed by atoms with Crippen molar-refractivity contribution in [1.82, 2.24) is 0 Å². The highest BCUT2D eigenvalue weighted by Crippen LogP contribution is 2.35. The van der Waals surface area contributed by atoms with E-state index in [1.807, 2.05) is 0 Å².